The van der Waals surface area contributed by atoms with Crippen molar-refractivity contribution in [2.45, 2.75) is 12.8 Å². The van der Waals surface area contributed by atoms with Crippen LogP contribution in [-0.4, -0.2) is 0 Å². The van der Waals surface area contributed by atoms with Gasteiger partial charge in [0.15, 0.2) is 0 Å². The van der Waals surface area contributed by atoms with Gasteiger partial charge >= 0.3 is 0 Å². The van der Waals surface area contributed by atoms with Gasteiger partial charge < -0.3 is 0 Å². The minimum Gasteiger partial charge on any atom is -0.222 e. The van der Waals surface area contributed by atoms with E-state index >= 15 is 0 Å². The predicted molar refractivity (Wildman–Crippen MR) is 59.8 cm³/mol. The molecule has 0 N–H and O–H groups in total. The van der Waals surface area contributed by atoms with Gasteiger partial charge in [-0.25, -0.2) is 18.6 Å². The summed E-state index contributed by atoms with van der Waals surface area (Å²) >= 11 is 0. The number of rotatable bonds is 0. The summed E-state index contributed by atoms with van der Waals surface area (Å²) in [5.74, 6) is 3.24. The van der Waals surface area contributed by atoms with Crippen molar-refractivity contribution in [2.24, 2.45) is 23.7 Å². The van der Waals surface area contributed by atoms with Crippen molar-refractivity contribution in [3.05, 3.63) is 48.6 Å². The van der Waals surface area contributed by atoms with Crippen LogP contribution in [0, 0.1) is 33.9 Å². The second kappa shape index (κ2) is 7.64. The first kappa shape index (κ1) is 17.8. The van der Waals surface area contributed by atoms with Gasteiger partial charge in [0.25, 0.3) is 0 Å². The van der Waals surface area contributed by atoms with Crippen molar-refractivity contribution in [1.29, 1.82) is 0 Å². The molecule has 0 aromatic heterocycles. The van der Waals surface area contributed by atoms with E-state index in [1.807, 2.05) is 0 Å². The van der Waals surface area contributed by atoms with Crippen molar-refractivity contribution in [3.8, 4) is 0 Å². The molecule has 0 aromatic carbocycles. The van der Waals surface area contributed by atoms with Crippen LogP contribution >= 0.6 is 0 Å². The molecule has 20 heavy (non-hydrogen) atoms. The standard InChI is InChI=1S/2C7H8.ClHO4.Rh/c2*1-2-7-4-3-6(1)5-7;2-1(3,4)5;/h2*1-4,6-7H,5H2;(H,2,3,4,5);/p-1. The largest absolute Gasteiger partial charge is 0.222 e. The van der Waals surface area contributed by atoms with Crippen LogP contribution in [0.15, 0.2) is 48.6 Å². The summed E-state index contributed by atoms with van der Waals surface area (Å²) in [6.45, 7) is 0. The Kier molecular flexibility index (Phi) is 6.79. The molecule has 0 unspecified atom stereocenters. The Hall–Kier alpha value is -0.287. The van der Waals surface area contributed by atoms with Gasteiger partial charge in [0.1, 0.15) is 0 Å². The molecule has 0 saturated carbocycles. The molecule has 6 heteroatoms. The third-order valence-corrected chi connectivity index (χ3v) is 3.51. The first-order valence-electron chi connectivity index (χ1n) is 6.25. The maximum atomic E-state index is 8.49. The van der Waals surface area contributed by atoms with Crippen LogP contribution in [0.25, 0.3) is 0 Å². The summed E-state index contributed by atoms with van der Waals surface area (Å²) in [5.41, 5.74) is 0. The van der Waals surface area contributed by atoms with Crippen LogP contribution in [0.5, 0.6) is 0 Å². The van der Waals surface area contributed by atoms with Crippen molar-refractivity contribution in [3.63, 3.8) is 0 Å². The molecule has 0 spiro atoms. The summed E-state index contributed by atoms with van der Waals surface area (Å²) in [5, 5.41) is 0. The Morgan fingerprint density at radius 3 is 0.750 bits per heavy atom. The van der Waals surface area contributed by atoms with Crippen LogP contribution in [0.3, 0.4) is 0 Å². The predicted octanol–water partition coefficient (Wildman–Crippen LogP) is -1.26. The topological polar surface area (TPSA) is 92.2 Å². The summed E-state index contributed by atoms with van der Waals surface area (Å²) in [6, 6.07) is 0. The fourth-order valence-corrected chi connectivity index (χ4v) is 2.66. The van der Waals surface area contributed by atoms with Gasteiger partial charge in [0.05, 0.1) is 0 Å². The van der Waals surface area contributed by atoms with E-state index in [0.717, 1.165) is 23.7 Å². The number of hydrogen-bond acceptors (Lipinski definition) is 4. The second-order valence-corrected chi connectivity index (χ2v) is 5.80. The molecule has 113 valence electrons. The van der Waals surface area contributed by atoms with Gasteiger partial charge in [0, 0.05) is 19.5 Å². The minimum absolute atomic E-state index is 0. The van der Waals surface area contributed by atoms with Crippen molar-refractivity contribution >= 4 is 0 Å². The normalized spacial score (nSPS) is 33.4. The summed E-state index contributed by atoms with van der Waals surface area (Å²) < 4.78 is 34.0. The van der Waals surface area contributed by atoms with Gasteiger partial charge in [-0.15, -0.1) is 10.2 Å². The molecule has 0 aromatic rings. The SMILES string of the molecule is C1=CC2C=CC1C2.C1=CC2C=CC1C2.[O-][Cl+3]([O-])([O-])[O-].[Rh]. The van der Waals surface area contributed by atoms with Crippen molar-refractivity contribution in [1.82, 2.24) is 0 Å². The molecule has 0 atom stereocenters. The molecule has 0 saturated heterocycles. The van der Waals surface area contributed by atoms with E-state index in [1.165, 1.54) is 12.8 Å². The summed E-state index contributed by atoms with van der Waals surface area (Å²) in [7, 11) is -4.94. The van der Waals surface area contributed by atoms with Crippen molar-refractivity contribution in [2.75, 3.05) is 0 Å². The fraction of sp³-hybridized carbons (Fsp3) is 0.429. The van der Waals surface area contributed by atoms with Crippen LogP contribution in [0.1, 0.15) is 12.8 Å². The van der Waals surface area contributed by atoms with E-state index in [0.29, 0.717) is 0 Å². The molecular formula is C14H16ClO4Rh-. The Labute approximate surface area is 133 Å². The minimum atomic E-state index is -4.94. The zero-order chi connectivity index (χ0) is 13.9. The van der Waals surface area contributed by atoms with Gasteiger partial charge in [0.2, 0.25) is 0 Å². The molecular weight excluding hydrogens is 371 g/mol. The van der Waals surface area contributed by atoms with Gasteiger partial charge in [-0.3, -0.25) is 0 Å². The zero-order valence-corrected chi connectivity index (χ0v) is 13.1. The molecule has 0 amide bonds. The maximum Gasteiger partial charge on any atom is 0 e. The first-order valence-corrected chi connectivity index (χ1v) is 7.48. The van der Waals surface area contributed by atoms with E-state index in [4.69, 9.17) is 18.6 Å². The molecule has 4 rings (SSSR count). The molecule has 0 fully saturated rings. The molecule has 0 aliphatic heterocycles. The zero-order valence-electron chi connectivity index (χ0n) is 10.7. The Balaban J connectivity index is 0.000000150. The quantitative estimate of drug-likeness (QED) is 0.384. The third kappa shape index (κ3) is 6.44. The number of halogens is 1. The number of hydrogen-bond donors (Lipinski definition) is 0. The van der Waals surface area contributed by atoms with E-state index < -0.39 is 10.2 Å². The summed E-state index contributed by atoms with van der Waals surface area (Å²) in [4.78, 5) is 0. The molecule has 4 aliphatic carbocycles. The van der Waals surface area contributed by atoms with Crippen LogP contribution < -0.4 is 18.6 Å². The van der Waals surface area contributed by atoms with E-state index in [2.05, 4.69) is 48.6 Å². The van der Waals surface area contributed by atoms with Crippen LogP contribution in [-0.2, 0) is 19.5 Å². The smallest absolute Gasteiger partial charge is 0 e. The average Bonchev–Trinajstić information content (AvgIpc) is 3.10. The molecule has 1 radical (unpaired) electrons. The number of allylic oxidation sites excluding steroid dienone is 8. The van der Waals surface area contributed by atoms with Gasteiger partial charge in [-0.1, -0.05) is 48.6 Å². The molecule has 4 nitrogen and oxygen atoms in total. The Bertz CT molecular complexity index is 329. The van der Waals surface area contributed by atoms with Crippen LogP contribution in [0.2, 0.25) is 0 Å². The average molecular weight is 387 g/mol. The molecule has 4 bridgehead atoms. The van der Waals surface area contributed by atoms with Crippen molar-refractivity contribution < 1.29 is 48.4 Å². The monoisotopic (exact) mass is 386 g/mol. The van der Waals surface area contributed by atoms with Crippen LogP contribution in [0.4, 0.5) is 0 Å². The van der Waals surface area contributed by atoms with E-state index in [1.54, 1.807) is 0 Å². The molecule has 0 heterocycles. The molecule has 4 aliphatic rings. The first-order chi connectivity index (χ1) is 8.90. The van der Waals surface area contributed by atoms with Gasteiger partial charge in [-0.2, -0.15) is 0 Å². The Morgan fingerprint density at radius 1 is 0.550 bits per heavy atom. The summed E-state index contributed by atoms with van der Waals surface area (Å²) in [6.07, 6.45) is 21.1. The van der Waals surface area contributed by atoms with E-state index in [9.17, 15) is 0 Å². The third-order valence-electron chi connectivity index (χ3n) is 3.51. The number of fused-ring (bicyclic) bond motifs is 4. The van der Waals surface area contributed by atoms with E-state index in [-0.39, 0.29) is 19.5 Å². The Morgan fingerprint density at radius 2 is 0.700 bits per heavy atom. The maximum absolute atomic E-state index is 8.49. The fourth-order valence-electron chi connectivity index (χ4n) is 2.66. The second-order valence-electron chi connectivity index (χ2n) is 5.04. The van der Waals surface area contributed by atoms with Gasteiger partial charge in [-0.05, 0) is 36.5 Å².